The zero-order valence-corrected chi connectivity index (χ0v) is 13.5. The normalized spacial score (nSPS) is 18.4. The maximum absolute atomic E-state index is 6.12. The predicted molar refractivity (Wildman–Crippen MR) is 90.1 cm³/mol. The minimum Gasteiger partial charge on any atom is -0.354 e. The van der Waals surface area contributed by atoms with Crippen LogP contribution in [-0.2, 0) is 5.88 Å². The summed E-state index contributed by atoms with van der Waals surface area (Å²) in [5, 5.41) is 1.16. The van der Waals surface area contributed by atoms with Crippen molar-refractivity contribution >= 4 is 40.1 Å². The van der Waals surface area contributed by atoms with Crippen LogP contribution in [0.2, 0.25) is 0 Å². The molecule has 0 atom stereocenters. The maximum Gasteiger partial charge on any atom is 0.129 e. The van der Waals surface area contributed by atoms with Gasteiger partial charge in [0, 0.05) is 34.9 Å². The highest BCUT2D eigenvalue weighted by molar-refractivity contribution is 8.00. The zero-order valence-electron chi connectivity index (χ0n) is 11.9. The summed E-state index contributed by atoms with van der Waals surface area (Å²) in [6.45, 7) is 6.69. The molecule has 0 saturated carbocycles. The molecule has 0 bridgehead atoms. The molecule has 1 fully saturated rings. The van der Waals surface area contributed by atoms with E-state index in [1.165, 1.54) is 5.56 Å². The van der Waals surface area contributed by atoms with E-state index in [1.54, 1.807) is 0 Å². The second-order valence-electron chi connectivity index (χ2n) is 5.82. The molecule has 0 unspecified atom stereocenters. The van der Waals surface area contributed by atoms with Gasteiger partial charge in [-0.1, -0.05) is 18.2 Å². The first kappa shape index (κ1) is 14.0. The van der Waals surface area contributed by atoms with Crippen LogP contribution in [0, 0.1) is 0 Å². The Bertz CT molecular complexity index is 627. The smallest absolute Gasteiger partial charge is 0.129 e. The van der Waals surface area contributed by atoms with Gasteiger partial charge < -0.3 is 4.90 Å². The van der Waals surface area contributed by atoms with Crippen molar-refractivity contribution in [1.29, 1.82) is 0 Å². The molecule has 1 aliphatic heterocycles. The van der Waals surface area contributed by atoms with Gasteiger partial charge in [-0.05, 0) is 31.5 Å². The maximum atomic E-state index is 6.12. The lowest BCUT2D eigenvalue weighted by molar-refractivity contribution is 0.643. The molecular weight excluding hydrogens is 288 g/mol. The molecule has 1 aromatic heterocycles. The van der Waals surface area contributed by atoms with Crippen molar-refractivity contribution < 1.29 is 0 Å². The molecule has 3 rings (SSSR count). The minimum absolute atomic E-state index is 0.284. The van der Waals surface area contributed by atoms with Crippen LogP contribution in [0.3, 0.4) is 0 Å². The van der Waals surface area contributed by atoms with Crippen LogP contribution >= 0.6 is 23.4 Å². The minimum atomic E-state index is 0.284. The third-order valence-electron chi connectivity index (χ3n) is 3.68. The highest BCUT2D eigenvalue weighted by Gasteiger charge is 2.28. The van der Waals surface area contributed by atoms with Crippen molar-refractivity contribution in [2.24, 2.45) is 0 Å². The highest BCUT2D eigenvalue weighted by atomic mass is 35.5. The molecule has 0 amide bonds. The Morgan fingerprint density at radius 3 is 2.90 bits per heavy atom. The first-order valence-corrected chi connectivity index (χ1v) is 8.45. The van der Waals surface area contributed by atoms with E-state index in [0.29, 0.717) is 5.88 Å². The Kier molecular flexibility index (Phi) is 3.83. The van der Waals surface area contributed by atoms with Crippen LogP contribution in [0.25, 0.3) is 10.9 Å². The van der Waals surface area contributed by atoms with Gasteiger partial charge in [0.25, 0.3) is 0 Å². The number of pyridine rings is 1. The summed E-state index contributed by atoms with van der Waals surface area (Å²) in [5.41, 5.74) is 2.21. The molecule has 0 N–H and O–H groups in total. The number of thioether (sulfide) groups is 1. The van der Waals surface area contributed by atoms with Crippen molar-refractivity contribution in [3.05, 3.63) is 35.9 Å². The van der Waals surface area contributed by atoms with Crippen molar-refractivity contribution in [2.75, 3.05) is 23.7 Å². The SMILES string of the molecule is CC1(C)CN(c2cc(CCl)c3ccccc3n2)CCS1. The first-order chi connectivity index (χ1) is 9.59. The molecule has 0 aliphatic carbocycles. The molecule has 0 spiro atoms. The summed E-state index contributed by atoms with van der Waals surface area (Å²) < 4.78 is 0.284. The van der Waals surface area contributed by atoms with E-state index in [4.69, 9.17) is 16.6 Å². The van der Waals surface area contributed by atoms with Gasteiger partial charge in [-0.25, -0.2) is 4.98 Å². The quantitative estimate of drug-likeness (QED) is 0.769. The molecule has 2 heterocycles. The molecule has 106 valence electrons. The van der Waals surface area contributed by atoms with E-state index < -0.39 is 0 Å². The van der Waals surface area contributed by atoms with Gasteiger partial charge in [0.1, 0.15) is 5.82 Å². The summed E-state index contributed by atoms with van der Waals surface area (Å²) in [4.78, 5) is 7.22. The number of halogens is 1. The van der Waals surface area contributed by atoms with Gasteiger partial charge in [-0.15, -0.1) is 11.6 Å². The van der Waals surface area contributed by atoms with Crippen LogP contribution in [0.5, 0.6) is 0 Å². The van der Waals surface area contributed by atoms with Crippen molar-refractivity contribution in [3.8, 4) is 0 Å². The van der Waals surface area contributed by atoms with E-state index in [1.807, 2.05) is 23.9 Å². The lowest BCUT2D eigenvalue weighted by Gasteiger charge is -2.38. The number of benzene rings is 1. The number of alkyl halides is 1. The summed E-state index contributed by atoms with van der Waals surface area (Å²) in [7, 11) is 0. The van der Waals surface area contributed by atoms with Gasteiger partial charge in [0.15, 0.2) is 0 Å². The van der Waals surface area contributed by atoms with Gasteiger partial charge in [0.05, 0.1) is 5.52 Å². The molecule has 2 aromatic rings. The van der Waals surface area contributed by atoms with E-state index in [2.05, 4.69) is 36.9 Å². The number of hydrogen-bond acceptors (Lipinski definition) is 3. The van der Waals surface area contributed by atoms with E-state index in [-0.39, 0.29) is 4.75 Å². The van der Waals surface area contributed by atoms with Crippen molar-refractivity contribution in [2.45, 2.75) is 24.5 Å². The molecular formula is C16H19ClN2S. The number of hydrogen-bond donors (Lipinski definition) is 0. The van der Waals surface area contributed by atoms with Crippen LogP contribution in [0.15, 0.2) is 30.3 Å². The first-order valence-electron chi connectivity index (χ1n) is 6.93. The lowest BCUT2D eigenvalue weighted by Crippen LogP contribution is -2.43. The summed E-state index contributed by atoms with van der Waals surface area (Å²) >= 11 is 8.16. The number of rotatable bonds is 2. The van der Waals surface area contributed by atoms with Crippen LogP contribution in [-0.4, -0.2) is 28.6 Å². The van der Waals surface area contributed by atoms with E-state index in [0.717, 1.165) is 35.6 Å². The number of aromatic nitrogens is 1. The average molecular weight is 307 g/mol. The zero-order chi connectivity index (χ0) is 14.2. The Morgan fingerprint density at radius 2 is 2.15 bits per heavy atom. The van der Waals surface area contributed by atoms with Crippen molar-refractivity contribution in [1.82, 2.24) is 4.98 Å². The number of nitrogens with zero attached hydrogens (tertiary/aromatic N) is 2. The third kappa shape index (κ3) is 2.75. The predicted octanol–water partition coefficient (Wildman–Crippen LogP) is 4.31. The molecule has 0 radical (unpaired) electrons. The van der Waals surface area contributed by atoms with E-state index in [9.17, 15) is 0 Å². The van der Waals surface area contributed by atoms with Crippen molar-refractivity contribution in [3.63, 3.8) is 0 Å². The Balaban J connectivity index is 2.03. The van der Waals surface area contributed by atoms with E-state index >= 15 is 0 Å². The Hall–Kier alpha value is -0.930. The third-order valence-corrected chi connectivity index (χ3v) is 5.27. The molecule has 1 saturated heterocycles. The fourth-order valence-electron chi connectivity index (χ4n) is 2.72. The molecule has 4 heteroatoms. The monoisotopic (exact) mass is 306 g/mol. The molecule has 1 aromatic carbocycles. The fraction of sp³-hybridized carbons (Fsp3) is 0.438. The summed E-state index contributed by atoms with van der Waals surface area (Å²) in [6.07, 6.45) is 0. The molecule has 20 heavy (non-hydrogen) atoms. The lowest BCUT2D eigenvalue weighted by atomic mass is 10.1. The number of anilines is 1. The van der Waals surface area contributed by atoms with Gasteiger partial charge in [0.2, 0.25) is 0 Å². The van der Waals surface area contributed by atoms with Crippen LogP contribution < -0.4 is 4.90 Å². The Morgan fingerprint density at radius 1 is 1.35 bits per heavy atom. The van der Waals surface area contributed by atoms with Gasteiger partial charge in [-0.2, -0.15) is 11.8 Å². The molecule has 1 aliphatic rings. The second kappa shape index (κ2) is 5.45. The number of fused-ring (bicyclic) bond motifs is 1. The molecule has 2 nitrogen and oxygen atoms in total. The second-order valence-corrected chi connectivity index (χ2v) is 7.89. The largest absolute Gasteiger partial charge is 0.354 e. The summed E-state index contributed by atoms with van der Waals surface area (Å²) in [5.74, 6) is 2.74. The standard InChI is InChI=1S/C16H19ClN2S/c1-16(2)11-19(7-8-20-16)15-9-12(10-17)13-5-3-4-6-14(13)18-15/h3-6,9H,7-8,10-11H2,1-2H3. The van der Waals surface area contributed by atoms with Crippen LogP contribution in [0.1, 0.15) is 19.4 Å². The van der Waals surface area contributed by atoms with Crippen LogP contribution in [0.4, 0.5) is 5.82 Å². The topological polar surface area (TPSA) is 16.1 Å². The number of para-hydroxylation sites is 1. The Labute approximate surface area is 129 Å². The fourth-order valence-corrected chi connectivity index (χ4v) is 4.05. The van der Waals surface area contributed by atoms with Gasteiger partial charge in [-0.3, -0.25) is 0 Å². The highest BCUT2D eigenvalue weighted by Crippen LogP contribution is 2.33. The summed E-state index contributed by atoms with van der Waals surface area (Å²) in [6, 6.07) is 10.4. The average Bonchev–Trinajstić information content (AvgIpc) is 2.45. The van der Waals surface area contributed by atoms with Gasteiger partial charge >= 0.3 is 0 Å².